The molecule has 0 aromatic carbocycles. The second-order valence-corrected chi connectivity index (χ2v) is 5.01. The highest BCUT2D eigenvalue weighted by Crippen LogP contribution is 2.30. The molecule has 0 unspecified atom stereocenters. The van der Waals surface area contributed by atoms with Gasteiger partial charge in [0, 0.05) is 18.9 Å². The van der Waals surface area contributed by atoms with Gasteiger partial charge < -0.3 is 5.32 Å². The van der Waals surface area contributed by atoms with Gasteiger partial charge in [-0.2, -0.15) is 0 Å². The lowest BCUT2D eigenvalue weighted by Crippen LogP contribution is -2.02. The van der Waals surface area contributed by atoms with Gasteiger partial charge in [0.1, 0.15) is 10.1 Å². The molecule has 0 saturated heterocycles. The van der Waals surface area contributed by atoms with Crippen LogP contribution in [0.1, 0.15) is 6.92 Å². The summed E-state index contributed by atoms with van der Waals surface area (Å²) in [7, 11) is 0. The molecular weight excluding hydrogens is 300 g/mol. The molecule has 17 heavy (non-hydrogen) atoms. The monoisotopic (exact) mass is 310 g/mol. The van der Waals surface area contributed by atoms with Gasteiger partial charge in [0.25, 0.3) is 0 Å². The van der Waals surface area contributed by atoms with E-state index in [2.05, 4.69) is 36.2 Å². The Morgan fingerprint density at radius 1 is 1.35 bits per heavy atom. The van der Waals surface area contributed by atoms with Gasteiger partial charge in [0.2, 0.25) is 5.95 Å². The normalized spacial score (nSPS) is 10.2. The predicted octanol–water partition coefficient (Wildman–Crippen LogP) is 3.22. The van der Waals surface area contributed by atoms with E-state index in [0.717, 1.165) is 21.1 Å². The molecule has 0 bridgehead atoms. The first-order chi connectivity index (χ1) is 8.29. The van der Waals surface area contributed by atoms with Crippen LogP contribution in [0.25, 0.3) is 0 Å². The van der Waals surface area contributed by atoms with E-state index in [0.29, 0.717) is 5.95 Å². The van der Waals surface area contributed by atoms with Gasteiger partial charge >= 0.3 is 0 Å². The van der Waals surface area contributed by atoms with Crippen molar-refractivity contribution in [2.75, 3.05) is 11.9 Å². The molecule has 0 saturated carbocycles. The lowest BCUT2D eigenvalue weighted by Gasteiger charge is -2.05. The first-order valence-corrected chi connectivity index (χ1v) is 6.76. The van der Waals surface area contributed by atoms with Gasteiger partial charge in [-0.1, -0.05) is 6.07 Å². The fourth-order valence-corrected chi connectivity index (χ4v) is 2.35. The van der Waals surface area contributed by atoms with Crippen molar-refractivity contribution in [2.45, 2.75) is 17.0 Å². The number of hydrogen-bond donors (Lipinski definition) is 1. The molecule has 0 fully saturated rings. The van der Waals surface area contributed by atoms with Crippen LogP contribution in [0.2, 0.25) is 0 Å². The lowest BCUT2D eigenvalue weighted by molar-refractivity contribution is 0.994. The van der Waals surface area contributed by atoms with Crippen molar-refractivity contribution in [3.63, 3.8) is 0 Å². The highest BCUT2D eigenvalue weighted by atomic mass is 79.9. The number of anilines is 1. The van der Waals surface area contributed by atoms with E-state index in [-0.39, 0.29) is 0 Å². The van der Waals surface area contributed by atoms with E-state index in [9.17, 15) is 0 Å². The van der Waals surface area contributed by atoms with Crippen molar-refractivity contribution >= 4 is 33.6 Å². The minimum Gasteiger partial charge on any atom is -0.354 e. The molecule has 0 radical (unpaired) electrons. The first-order valence-electron chi connectivity index (χ1n) is 5.15. The third-order valence-electron chi connectivity index (χ3n) is 1.89. The number of pyridine rings is 1. The molecule has 0 aliphatic carbocycles. The Hall–Kier alpha value is -1.14. The molecule has 2 heterocycles. The summed E-state index contributed by atoms with van der Waals surface area (Å²) in [6.07, 6.45) is 3.51. The first kappa shape index (κ1) is 12.3. The number of aromatic nitrogens is 3. The molecule has 4 nitrogen and oxygen atoms in total. The Bertz CT molecular complexity index is 492. The fraction of sp³-hybridized carbons (Fsp3) is 0.182. The zero-order valence-electron chi connectivity index (χ0n) is 9.22. The molecule has 0 aliphatic heterocycles. The third-order valence-corrected chi connectivity index (χ3v) is 3.68. The molecule has 0 aliphatic rings. The van der Waals surface area contributed by atoms with Crippen molar-refractivity contribution in [2.24, 2.45) is 0 Å². The van der Waals surface area contributed by atoms with Crippen LogP contribution < -0.4 is 5.32 Å². The Labute approximate surface area is 112 Å². The summed E-state index contributed by atoms with van der Waals surface area (Å²) < 4.78 is 0.870. The van der Waals surface area contributed by atoms with Gasteiger partial charge in [-0.3, -0.25) is 0 Å². The number of nitrogens with zero attached hydrogens (tertiary/aromatic N) is 3. The average Bonchev–Trinajstić information content (AvgIpc) is 2.35. The molecule has 0 spiro atoms. The van der Waals surface area contributed by atoms with Crippen LogP contribution in [-0.2, 0) is 0 Å². The molecule has 0 amide bonds. The third kappa shape index (κ3) is 3.41. The maximum atomic E-state index is 4.41. The van der Waals surface area contributed by atoms with E-state index < -0.39 is 0 Å². The highest BCUT2D eigenvalue weighted by Gasteiger charge is 2.07. The van der Waals surface area contributed by atoms with E-state index in [1.165, 1.54) is 11.8 Å². The summed E-state index contributed by atoms with van der Waals surface area (Å²) in [6.45, 7) is 2.81. The van der Waals surface area contributed by atoms with Gasteiger partial charge in [-0.25, -0.2) is 15.0 Å². The Morgan fingerprint density at radius 3 is 2.94 bits per heavy atom. The number of nitrogens with one attached hydrogen (secondary N) is 1. The Balaban J connectivity index is 2.22. The number of hydrogen-bond acceptors (Lipinski definition) is 5. The summed E-state index contributed by atoms with van der Waals surface area (Å²) in [4.78, 5) is 12.8. The topological polar surface area (TPSA) is 50.7 Å². The van der Waals surface area contributed by atoms with E-state index in [1.54, 1.807) is 12.4 Å². The van der Waals surface area contributed by atoms with Crippen molar-refractivity contribution < 1.29 is 0 Å². The van der Waals surface area contributed by atoms with Gasteiger partial charge in [-0.05, 0) is 46.7 Å². The van der Waals surface area contributed by atoms with Crippen molar-refractivity contribution in [1.29, 1.82) is 0 Å². The zero-order valence-corrected chi connectivity index (χ0v) is 11.6. The second-order valence-electron chi connectivity index (χ2n) is 3.15. The van der Waals surface area contributed by atoms with E-state index in [1.807, 2.05) is 25.1 Å². The minimum atomic E-state index is 0.633. The van der Waals surface area contributed by atoms with Crippen LogP contribution in [0.3, 0.4) is 0 Å². The minimum absolute atomic E-state index is 0.633. The molecule has 6 heteroatoms. The van der Waals surface area contributed by atoms with Crippen LogP contribution in [0.4, 0.5) is 5.95 Å². The molecule has 1 N–H and O–H groups in total. The number of halogens is 1. The Morgan fingerprint density at radius 2 is 2.24 bits per heavy atom. The summed E-state index contributed by atoms with van der Waals surface area (Å²) >= 11 is 4.94. The second kappa shape index (κ2) is 5.97. The standard InChI is InChI=1S/C11H11BrN4S/c1-2-13-11-15-7-8(12)10(16-11)17-9-5-3-4-6-14-9/h3-7H,2H2,1H3,(H,13,15,16). The average molecular weight is 311 g/mol. The fourth-order valence-electron chi connectivity index (χ4n) is 1.17. The zero-order chi connectivity index (χ0) is 12.1. The molecule has 2 aromatic rings. The van der Waals surface area contributed by atoms with Crippen LogP contribution >= 0.6 is 27.7 Å². The number of rotatable bonds is 4. The highest BCUT2D eigenvalue weighted by molar-refractivity contribution is 9.10. The molecule has 2 rings (SSSR count). The lowest BCUT2D eigenvalue weighted by atomic mass is 10.5. The van der Waals surface area contributed by atoms with Crippen LogP contribution in [0.15, 0.2) is 45.1 Å². The van der Waals surface area contributed by atoms with E-state index >= 15 is 0 Å². The smallest absolute Gasteiger partial charge is 0.223 e. The molecule has 2 aromatic heterocycles. The van der Waals surface area contributed by atoms with Crippen molar-refractivity contribution in [3.8, 4) is 0 Å². The summed E-state index contributed by atoms with van der Waals surface area (Å²) in [5, 5.41) is 4.85. The largest absolute Gasteiger partial charge is 0.354 e. The van der Waals surface area contributed by atoms with Crippen LogP contribution in [0.5, 0.6) is 0 Å². The maximum absolute atomic E-state index is 4.41. The van der Waals surface area contributed by atoms with Crippen LogP contribution in [-0.4, -0.2) is 21.5 Å². The Kier molecular flexibility index (Phi) is 4.33. The van der Waals surface area contributed by atoms with Crippen LogP contribution in [0, 0.1) is 0 Å². The molecule has 0 atom stereocenters. The van der Waals surface area contributed by atoms with E-state index in [4.69, 9.17) is 0 Å². The van der Waals surface area contributed by atoms with Gasteiger partial charge in [-0.15, -0.1) is 0 Å². The summed E-state index contributed by atoms with van der Waals surface area (Å²) in [5.74, 6) is 0.633. The summed E-state index contributed by atoms with van der Waals surface area (Å²) in [6, 6.07) is 5.80. The molecule has 88 valence electrons. The quantitative estimate of drug-likeness (QED) is 0.879. The van der Waals surface area contributed by atoms with Gasteiger partial charge in [0.05, 0.1) is 4.47 Å². The SMILES string of the molecule is CCNc1ncc(Br)c(Sc2ccccn2)n1. The van der Waals surface area contributed by atoms with Crippen molar-refractivity contribution in [3.05, 3.63) is 35.1 Å². The predicted molar refractivity (Wildman–Crippen MR) is 72.3 cm³/mol. The van der Waals surface area contributed by atoms with Gasteiger partial charge in [0.15, 0.2) is 0 Å². The summed E-state index contributed by atoms with van der Waals surface area (Å²) in [5.41, 5.74) is 0. The molecular formula is C11H11BrN4S. The van der Waals surface area contributed by atoms with Crippen molar-refractivity contribution in [1.82, 2.24) is 15.0 Å². The maximum Gasteiger partial charge on any atom is 0.223 e.